The SMILES string of the molecule is O[C@@H](CSc1cccc(C(F)(F)F)c1)CN1CCN(c2cccc(Cl)c2)CC1. The van der Waals surface area contributed by atoms with E-state index in [2.05, 4.69) is 9.80 Å². The largest absolute Gasteiger partial charge is 0.416 e. The molecule has 0 aromatic heterocycles. The van der Waals surface area contributed by atoms with Crippen LogP contribution in [0.2, 0.25) is 5.02 Å². The summed E-state index contributed by atoms with van der Waals surface area (Å²) in [5.41, 5.74) is 0.428. The maximum Gasteiger partial charge on any atom is 0.416 e. The first kappa shape index (κ1) is 21.3. The Balaban J connectivity index is 1.44. The molecule has 3 rings (SSSR count). The molecule has 0 saturated carbocycles. The van der Waals surface area contributed by atoms with Gasteiger partial charge in [-0.15, -0.1) is 11.8 Å². The summed E-state index contributed by atoms with van der Waals surface area (Å²) < 4.78 is 38.3. The van der Waals surface area contributed by atoms with Gasteiger partial charge in [-0.1, -0.05) is 23.7 Å². The molecule has 3 nitrogen and oxygen atoms in total. The number of piperazine rings is 1. The third kappa shape index (κ3) is 6.04. The van der Waals surface area contributed by atoms with Crippen LogP contribution in [0.25, 0.3) is 0 Å². The average molecular weight is 431 g/mol. The molecule has 1 fully saturated rings. The first-order chi connectivity index (χ1) is 13.3. The molecule has 1 atom stereocenters. The van der Waals surface area contributed by atoms with E-state index in [1.54, 1.807) is 6.07 Å². The van der Waals surface area contributed by atoms with Crippen LogP contribution in [0.1, 0.15) is 5.56 Å². The molecule has 0 amide bonds. The molecule has 0 spiro atoms. The number of rotatable bonds is 6. The Morgan fingerprint density at radius 2 is 1.75 bits per heavy atom. The quantitative estimate of drug-likeness (QED) is 0.676. The second-order valence-electron chi connectivity index (χ2n) is 6.76. The van der Waals surface area contributed by atoms with E-state index in [0.29, 0.717) is 22.2 Å². The van der Waals surface area contributed by atoms with E-state index in [0.717, 1.165) is 44.0 Å². The van der Waals surface area contributed by atoms with Crippen LogP contribution >= 0.6 is 23.4 Å². The monoisotopic (exact) mass is 430 g/mol. The third-order valence-electron chi connectivity index (χ3n) is 4.62. The van der Waals surface area contributed by atoms with Gasteiger partial charge in [0.1, 0.15) is 0 Å². The number of anilines is 1. The topological polar surface area (TPSA) is 26.7 Å². The molecule has 1 saturated heterocycles. The predicted octanol–water partition coefficient (Wildman–Crippen LogP) is 4.63. The van der Waals surface area contributed by atoms with Crippen molar-refractivity contribution < 1.29 is 18.3 Å². The number of thioether (sulfide) groups is 1. The van der Waals surface area contributed by atoms with Gasteiger partial charge in [0.25, 0.3) is 0 Å². The molecule has 2 aromatic carbocycles. The van der Waals surface area contributed by atoms with Crippen LogP contribution in [0.4, 0.5) is 18.9 Å². The normalized spacial score (nSPS) is 17.0. The van der Waals surface area contributed by atoms with Crippen LogP contribution in [-0.2, 0) is 6.18 Å². The smallest absolute Gasteiger partial charge is 0.391 e. The standard InChI is InChI=1S/C20H22ClF3N2OS/c21-16-4-2-5-17(12-16)26-9-7-25(8-10-26)13-18(27)14-28-19-6-1-3-15(11-19)20(22,23)24/h1-6,11-12,18,27H,7-10,13-14H2/t18-/m1/s1. The predicted molar refractivity (Wildman–Crippen MR) is 108 cm³/mol. The van der Waals surface area contributed by atoms with Crippen molar-refractivity contribution in [2.45, 2.75) is 17.2 Å². The summed E-state index contributed by atoms with van der Waals surface area (Å²) in [6, 6.07) is 13.0. The zero-order chi connectivity index (χ0) is 20.1. The van der Waals surface area contributed by atoms with Gasteiger partial charge in [-0.05, 0) is 36.4 Å². The number of benzene rings is 2. The van der Waals surface area contributed by atoms with Gasteiger partial charge in [0.05, 0.1) is 11.7 Å². The molecule has 8 heteroatoms. The Morgan fingerprint density at radius 3 is 2.43 bits per heavy atom. The molecular formula is C20H22ClF3N2OS. The van der Waals surface area contributed by atoms with E-state index < -0.39 is 17.8 Å². The summed E-state index contributed by atoms with van der Waals surface area (Å²) in [5.74, 6) is 0.357. The van der Waals surface area contributed by atoms with E-state index in [4.69, 9.17) is 11.6 Å². The Labute approximate surface area is 172 Å². The van der Waals surface area contributed by atoms with Crippen molar-refractivity contribution in [3.8, 4) is 0 Å². The molecule has 1 aliphatic heterocycles. The van der Waals surface area contributed by atoms with Crippen molar-refractivity contribution in [1.29, 1.82) is 0 Å². The molecule has 28 heavy (non-hydrogen) atoms. The molecule has 2 aromatic rings. The number of β-amino-alcohol motifs (C(OH)–C–C–N with tert-alkyl or cyclic N) is 1. The van der Waals surface area contributed by atoms with Crippen molar-refractivity contribution in [2.24, 2.45) is 0 Å². The van der Waals surface area contributed by atoms with E-state index in [1.165, 1.54) is 17.8 Å². The summed E-state index contributed by atoms with van der Waals surface area (Å²) in [6.07, 6.45) is -4.95. The van der Waals surface area contributed by atoms with E-state index >= 15 is 0 Å². The molecule has 0 aliphatic carbocycles. The van der Waals surface area contributed by atoms with Crippen LogP contribution in [0.3, 0.4) is 0 Å². The fourth-order valence-electron chi connectivity index (χ4n) is 3.17. The van der Waals surface area contributed by atoms with Gasteiger partial charge in [0.2, 0.25) is 0 Å². The molecule has 1 N–H and O–H groups in total. The van der Waals surface area contributed by atoms with Gasteiger partial charge < -0.3 is 10.0 Å². The summed E-state index contributed by atoms with van der Waals surface area (Å²) in [6.45, 7) is 3.83. The van der Waals surface area contributed by atoms with Gasteiger partial charge in [0.15, 0.2) is 0 Å². The van der Waals surface area contributed by atoms with Crippen LogP contribution in [0, 0.1) is 0 Å². The minimum Gasteiger partial charge on any atom is -0.391 e. The molecule has 152 valence electrons. The van der Waals surface area contributed by atoms with Crippen LogP contribution < -0.4 is 4.90 Å². The Morgan fingerprint density at radius 1 is 1.04 bits per heavy atom. The second kappa shape index (κ2) is 9.39. The minimum atomic E-state index is -4.35. The highest BCUT2D eigenvalue weighted by Crippen LogP contribution is 2.32. The number of aliphatic hydroxyl groups is 1. The molecular weight excluding hydrogens is 409 g/mol. The zero-order valence-electron chi connectivity index (χ0n) is 15.2. The van der Waals surface area contributed by atoms with E-state index in [-0.39, 0.29) is 0 Å². The van der Waals surface area contributed by atoms with E-state index in [1.807, 2.05) is 24.3 Å². The van der Waals surface area contributed by atoms with Crippen molar-refractivity contribution in [3.05, 3.63) is 59.1 Å². The molecule has 0 radical (unpaired) electrons. The van der Waals surface area contributed by atoms with Crippen molar-refractivity contribution in [3.63, 3.8) is 0 Å². The third-order valence-corrected chi connectivity index (χ3v) is 5.99. The number of alkyl halides is 3. The lowest BCUT2D eigenvalue weighted by molar-refractivity contribution is -0.137. The lowest BCUT2D eigenvalue weighted by atomic mass is 10.2. The van der Waals surface area contributed by atoms with E-state index in [9.17, 15) is 18.3 Å². The van der Waals surface area contributed by atoms with Gasteiger partial charge in [-0.25, -0.2) is 0 Å². The Kier molecular flexibility index (Phi) is 7.15. The molecule has 1 heterocycles. The Bertz CT molecular complexity index is 782. The Hall–Kier alpha value is -1.41. The van der Waals surface area contributed by atoms with Gasteiger partial charge in [0, 0.05) is 54.1 Å². The summed E-state index contributed by atoms with van der Waals surface area (Å²) in [5, 5.41) is 11.0. The summed E-state index contributed by atoms with van der Waals surface area (Å²) >= 11 is 7.29. The lowest BCUT2D eigenvalue weighted by Crippen LogP contribution is -2.48. The number of nitrogens with zero attached hydrogens (tertiary/aromatic N) is 2. The van der Waals surface area contributed by atoms with Crippen molar-refractivity contribution in [2.75, 3.05) is 43.4 Å². The van der Waals surface area contributed by atoms with Crippen molar-refractivity contribution >= 4 is 29.1 Å². The van der Waals surface area contributed by atoms with Gasteiger partial charge in [-0.3, -0.25) is 4.90 Å². The minimum absolute atomic E-state index is 0.357. The molecule has 0 unspecified atom stereocenters. The highest BCUT2D eigenvalue weighted by molar-refractivity contribution is 7.99. The first-order valence-corrected chi connectivity index (χ1v) is 10.4. The number of hydrogen-bond donors (Lipinski definition) is 1. The highest BCUT2D eigenvalue weighted by Gasteiger charge is 2.30. The van der Waals surface area contributed by atoms with Gasteiger partial charge in [-0.2, -0.15) is 13.2 Å². The van der Waals surface area contributed by atoms with Crippen molar-refractivity contribution in [1.82, 2.24) is 4.90 Å². The first-order valence-electron chi connectivity index (χ1n) is 9.02. The molecule has 0 bridgehead atoms. The number of halogens is 4. The number of aliphatic hydroxyl groups excluding tert-OH is 1. The van der Waals surface area contributed by atoms with Crippen LogP contribution in [0.5, 0.6) is 0 Å². The summed E-state index contributed by atoms with van der Waals surface area (Å²) in [4.78, 5) is 4.95. The highest BCUT2D eigenvalue weighted by atomic mass is 35.5. The van der Waals surface area contributed by atoms with Gasteiger partial charge >= 0.3 is 6.18 Å². The van der Waals surface area contributed by atoms with Crippen LogP contribution in [0.15, 0.2) is 53.4 Å². The second-order valence-corrected chi connectivity index (χ2v) is 8.29. The molecule has 1 aliphatic rings. The fourth-order valence-corrected chi connectivity index (χ4v) is 4.23. The maximum absolute atomic E-state index is 12.8. The zero-order valence-corrected chi connectivity index (χ0v) is 16.8. The van der Waals surface area contributed by atoms with Crippen LogP contribution in [-0.4, -0.2) is 54.6 Å². The average Bonchev–Trinajstić information content (AvgIpc) is 2.66. The lowest BCUT2D eigenvalue weighted by Gasteiger charge is -2.37. The number of hydrogen-bond acceptors (Lipinski definition) is 4. The maximum atomic E-state index is 12.8. The fraction of sp³-hybridized carbons (Fsp3) is 0.400. The summed E-state index contributed by atoms with van der Waals surface area (Å²) in [7, 11) is 0.